The van der Waals surface area contributed by atoms with Gasteiger partial charge in [-0.1, -0.05) is 11.6 Å². The van der Waals surface area contributed by atoms with Crippen LogP contribution in [0.1, 0.15) is 18.7 Å². The van der Waals surface area contributed by atoms with Gasteiger partial charge in [-0.2, -0.15) is 0 Å². The minimum Gasteiger partial charge on any atom is -0.495 e. The Labute approximate surface area is 116 Å². The highest BCUT2D eigenvalue weighted by atomic mass is 35.5. The first-order valence-corrected chi connectivity index (χ1v) is 6.19. The third-order valence-electron chi connectivity index (χ3n) is 2.83. The van der Waals surface area contributed by atoms with Gasteiger partial charge in [0.1, 0.15) is 11.5 Å². The summed E-state index contributed by atoms with van der Waals surface area (Å²) in [7, 11) is 3.18. The summed E-state index contributed by atoms with van der Waals surface area (Å²) >= 11 is 6.07. The molecule has 0 amide bonds. The summed E-state index contributed by atoms with van der Waals surface area (Å²) in [4.78, 5) is 7.07. The van der Waals surface area contributed by atoms with Crippen molar-refractivity contribution in [1.29, 1.82) is 0 Å². The largest absolute Gasteiger partial charge is 0.495 e. The lowest BCUT2D eigenvalue weighted by atomic mass is 10.2. The summed E-state index contributed by atoms with van der Waals surface area (Å²) in [5.74, 6) is 1.26. The Morgan fingerprint density at radius 3 is 2.58 bits per heavy atom. The van der Waals surface area contributed by atoms with Crippen molar-refractivity contribution in [2.75, 3.05) is 19.5 Å². The zero-order valence-electron chi connectivity index (χ0n) is 11.0. The standard InChI is InChI=1S/C13H16ClN3O2/c1-8(11-6-15-7-16-11)17-10-5-12(18-2)9(14)4-13(10)19-3/h4-8,17H,1-3H3,(H,15,16). The molecule has 0 saturated heterocycles. The number of anilines is 1. The number of rotatable bonds is 5. The molecule has 2 N–H and O–H groups in total. The molecule has 0 bridgehead atoms. The predicted molar refractivity (Wildman–Crippen MR) is 75.2 cm³/mol. The maximum Gasteiger partial charge on any atom is 0.143 e. The van der Waals surface area contributed by atoms with E-state index in [1.807, 2.05) is 13.0 Å². The number of methoxy groups -OCH3 is 2. The molecule has 6 heteroatoms. The van der Waals surface area contributed by atoms with Crippen LogP contribution >= 0.6 is 11.6 Å². The molecule has 0 fully saturated rings. The first-order valence-electron chi connectivity index (χ1n) is 5.82. The Morgan fingerprint density at radius 2 is 2.00 bits per heavy atom. The fourth-order valence-electron chi connectivity index (χ4n) is 1.79. The Balaban J connectivity index is 2.28. The van der Waals surface area contributed by atoms with Crippen molar-refractivity contribution in [2.45, 2.75) is 13.0 Å². The first-order chi connectivity index (χ1) is 9.15. The van der Waals surface area contributed by atoms with E-state index in [0.29, 0.717) is 16.5 Å². The van der Waals surface area contributed by atoms with Crippen LogP contribution in [0.25, 0.3) is 0 Å². The third kappa shape index (κ3) is 2.93. The Kier molecular flexibility index (Phi) is 4.16. The molecule has 0 aliphatic rings. The molecule has 19 heavy (non-hydrogen) atoms. The lowest BCUT2D eigenvalue weighted by Crippen LogP contribution is -2.08. The number of nitrogens with one attached hydrogen (secondary N) is 2. The zero-order valence-corrected chi connectivity index (χ0v) is 11.8. The lowest BCUT2D eigenvalue weighted by Gasteiger charge is -2.18. The topological polar surface area (TPSA) is 59.2 Å². The van der Waals surface area contributed by atoms with E-state index in [1.54, 1.807) is 32.8 Å². The minimum atomic E-state index is 0.0577. The maximum atomic E-state index is 6.07. The molecule has 0 radical (unpaired) electrons. The SMILES string of the molecule is COc1cc(NC(C)c2cnc[nH]2)c(OC)cc1Cl. The summed E-state index contributed by atoms with van der Waals surface area (Å²) < 4.78 is 10.5. The van der Waals surface area contributed by atoms with Gasteiger partial charge in [0.05, 0.1) is 43.0 Å². The second kappa shape index (κ2) is 5.84. The number of hydrogen-bond donors (Lipinski definition) is 2. The van der Waals surface area contributed by atoms with Crippen molar-refractivity contribution in [3.63, 3.8) is 0 Å². The van der Waals surface area contributed by atoms with Crippen molar-refractivity contribution in [3.05, 3.63) is 35.4 Å². The highest BCUT2D eigenvalue weighted by molar-refractivity contribution is 6.32. The number of aromatic nitrogens is 2. The van der Waals surface area contributed by atoms with Crippen molar-refractivity contribution in [3.8, 4) is 11.5 Å². The van der Waals surface area contributed by atoms with Crippen LogP contribution in [0, 0.1) is 0 Å². The molecular weight excluding hydrogens is 266 g/mol. The molecular formula is C13H16ClN3O2. The van der Waals surface area contributed by atoms with Gasteiger partial charge < -0.3 is 19.8 Å². The molecule has 1 heterocycles. The molecule has 1 atom stereocenters. The summed E-state index contributed by atoms with van der Waals surface area (Å²) in [6.07, 6.45) is 3.42. The summed E-state index contributed by atoms with van der Waals surface area (Å²) in [6, 6.07) is 3.60. The van der Waals surface area contributed by atoms with Gasteiger partial charge in [-0.05, 0) is 6.92 Å². The van der Waals surface area contributed by atoms with Gasteiger partial charge in [-0.15, -0.1) is 0 Å². The van der Waals surface area contributed by atoms with E-state index in [-0.39, 0.29) is 6.04 Å². The van der Waals surface area contributed by atoms with E-state index in [9.17, 15) is 0 Å². The summed E-state index contributed by atoms with van der Waals surface area (Å²) in [5, 5.41) is 3.84. The number of nitrogens with zero attached hydrogens (tertiary/aromatic N) is 1. The van der Waals surface area contributed by atoms with Crippen LogP contribution < -0.4 is 14.8 Å². The fraction of sp³-hybridized carbons (Fsp3) is 0.308. The Hall–Kier alpha value is -1.88. The van der Waals surface area contributed by atoms with Gasteiger partial charge >= 0.3 is 0 Å². The van der Waals surface area contributed by atoms with E-state index in [1.165, 1.54) is 0 Å². The van der Waals surface area contributed by atoms with E-state index >= 15 is 0 Å². The second-order valence-corrected chi connectivity index (χ2v) is 4.47. The highest BCUT2D eigenvalue weighted by Crippen LogP contribution is 2.37. The summed E-state index contributed by atoms with van der Waals surface area (Å²) in [5.41, 5.74) is 1.79. The number of hydrogen-bond acceptors (Lipinski definition) is 4. The van der Waals surface area contributed by atoms with E-state index in [2.05, 4.69) is 15.3 Å². The molecule has 0 aliphatic heterocycles. The molecule has 1 aromatic carbocycles. The van der Waals surface area contributed by atoms with Crippen LogP contribution in [0.3, 0.4) is 0 Å². The van der Waals surface area contributed by atoms with Gasteiger partial charge in [0.15, 0.2) is 0 Å². The fourth-order valence-corrected chi connectivity index (χ4v) is 2.02. The quantitative estimate of drug-likeness (QED) is 0.883. The maximum absolute atomic E-state index is 6.07. The Bertz CT molecular complexity index is 543. The number of benzene rings is 1. The summed E-state index contributed by atoms with van der Waals surface area (Å²) in [6.45, 7) is 2.02. The van der Waals surface area contributed by atoms with E-state index in [0.717, 1.165) is 11.4 Å². The predicted octanol–water partition coefficient (Wildman–Crippen LogP) is 3.25. The highest BCUT2D eigenvalue weighted by Gasteiger charge is 2.13. The third-order valence-corrected chi connectivity index (χ3v) is 3.13. The van der Waals surface area contributed by atoms with E-state index in [4.69, 9.17) is 21.1 Å². The molecule has 2 rings (SSSR count). The van der Waals surface area contributed by atoms with Gasteiger partial charge in [0.25, 0.3) is 0 Å². The molecule has 0 spiro atoms. The molecule has 5 nitrogen and oxygen atoms in total. The average molecular weight is 282 g/mol. The molecule has 1 aromatic heterocycles. The van der Waals surface area contributed by atoms with Crippen molar-refractivity contribution in [2.24, 2.45) is 0 Å². The number of H-pyrrole nitrogens is 1. The zero-order chi connectivity index (χ0) is 13.8. The average Bonchev–Trinajstić information content (AvgIpc) is 2.94. The minimum absolute atomic E-state index is 0.0577. The van der Waals surface area contributed by atoms with Crippen molar-refractivity contribution in [1.82, 2.24) is 9.97 Å². The Morgan fingerprint density at radius 1 is 1.26 bits per heavy atom. The molecule has 0 saturated carbocycles. The monoisotopic (exact) mass is 281 g/mol. The van der Waals surface area contributed by atoms with Crippen LogP contribution in [0.5, 0.6) is 11.5 Å². The second-order valence-electron chi connectivity index (χ2n) is 4.06. The number of halogens is 1. The normalized spacial score (nSPS) is 12.0. The van der Waals surface area contributed by atoms with Crippen molar-refractivity contribution < 1.29 is 9.47 Å². The molecule has 2 aromatic rings. The number of ether oxygens (including phenoxy) is 2. The molecule has 1 unspecified atom stereocenters. The van der Waals surface area contributed by atoms with Crippen LogP contribution in [0.4, 0.5) is 5.69 Å². The van der Waals surface area contributed by atoms with Crippen LogP contribution in [-0.2, 0) is 0 Å². The van der Waals surface area contributed by atoms with E-state index < -0.39 is 0 Å². The van der Waals surface area contributed by atoms with Gasteiger partial charge in [-0.3, -0.25) is 0 Å². The smallest absolute Gasteiger partial charge is 0.143 e. The van der Waals surface area contributed by atoms with Crippen LogP contribution in [-0.4, -0.2) is 24.2 Å². The number of aromatic amines is 1. The van der Waals surface area contributed by atoms with Gasteiger partial charge in [0, 0.05) is 18.3 Å². The van der Waals surface area contributed by atoms with Crippen molar-refractivity contribution >= 4 is 17.3 Å². The molecule has 102 valence electrons. The van der Waals surface area contributed by atoms with Gasteiger partial charge in [0.2, 0.25) is 0 Å². The van der Waals surface area contributed by atoms with Crippen LogP contribution in [0.15, 0.2) is 24.7 Å². The number of imidazole rings is 1. The van der Waals surface area contributed by atoms with Gasteiger partial charge in [-0.25, -0.2) is 4.98 Å². The lowest BCUT2D eigenvalue weighted by molar-refractivity contribution is 0.404. The first kappa shape index (κ1) is 13.5. The van der Waals surface area contributed by atoms with Crippen LogP contribution in [0.2, 0.25) is 5.02 Å². The molecule has 0 aliphatic carbocycles.